The van der Waals surface area contributed by atoms with Crippen molar-refractivity contribution in [2.45, 2.75) is 32.2 Å². The molecule has 150 valence electrons. The monoisotopic (exact) mass is 408 g/mol. The summed E-state index contributed by atoms with van der Waals surface area (Å²) in [6.07, 6.45) is 2.59. The molecule has 4 N–H and O–H groups in total. The Labute approximate surface area is 165 Å². The number of carboxylic acid groups (broad SMARTS) is 1. The molecule has 2 aromatic rings. The van der Waals surface area contributed by atoms with Crippen molar-refractivity contribution in [3.63, 3.8) is 0 Å². The summed E-state index contributed by atoms with van der Waals surface area (Å²) < 4.78 is 19.6. The number of carbonyl (C=O) groups excluding carboxylic acids is 1. The number of halogens is 1. The zero-order valence-corrected chi connectivity index (χ0v) is 16.3. The molecule has 1 aliphatic rings. The molecule has 28 heavy (non-hydrogen) atoms. The lowest BCUT2D eigenvalue weighted by Gasteiger charge is -2.33. The summed E-state index contributed by atoms with van der Waals surface area (Å²) in [7, 11) is 0. The molecule has 0 aliphatic carbocycles. The third-order valence-corrected chi connectivity index (χ3v) is 5.05. The van der Waals surface area contributed by atoms with Gasteiger partial charge in [0.15, 0.2) is 16.8 Å². The lowest BCUT2D eigenvalue weighted by Crippen LogP contribution is -2.32. The van der Waals surface area contributed by atoms with Gasteiger partial charge in [0, 0.05) is 23.9 Å². The molecule has 0 saturated carbocycles. The van der Waals surface area contributed by atoms with Crippen LogP contribution in [0.3, 0.4) is 0 Å². The standard InChI is InChI=1S/C17H19FN4O2S.CH2O2/c1-3-17(6-7-25-16(19)22-17)12-8-11(4-5-13(12)18)21-15(23)14-9-24-10(2)20-14;2-1-3/h4-5,8-9H,3,6-7H2,1-2H3,(H2,19,22)(H,21,23);1H,(H,2,3)/t17-;/m0./s1. The number of amides is 1. The number of carbonyl (C=O) groups is 2. The van der Waals surface area contributed by atoms with Crippen LogP contribution in [-0.2, 0) is 10.3 Å². The maximum atomic E-state index is 14.5. The van der Waals surface area contributed by atoms with Gasteiger partial charge in [0.2, 0.25) is 0 Å². The minimum atomic E-state index is -0.704. The van der Waals surface area contributed by atoms with Crippen molar-refractivity contribution < 1.29 is 23.5 Å². The van der Waals surface area contributed by atoms with Gasteiger partial charge in [-0.15, -0.1) is 0 Å². The fraction of sp³-hybridized carbons (Fsp3) is 0.333. The first-order chi connectivity index (χ1) is 13.3. The quantitative estimate of drug-likeness (QED) is 0.662. The minimum Gasteiger partial charge on any atom is -0.483 e. The lowest BCUT2D eigenvalue weighted by molar-refractivity contribution is -0.122. The maximum Gasteiger partial charge on any atom is 0.290 e. The van der Waals surface area contributed by atoms with Gasteiger partial charge in [-0.2, -0.15) is 0 Å². The third kappa shape index (κ3) is 4.89. The van der Waals surface area contributed by atoms with Gasteiger partial charge >= 0.3 is 0 Å². The highest BCUT2D eigenvalue weighted by Crippen LogP contribution is 2.40. The van der Waals surface area contributed by atoms with Crippen LogP contribution in [0, 0.1) is 12.7 Å². The first-order valence-corrected chi connectivity index (χ1v) is 9.43. The average Bonchev–Trinajstić information content (AvgIpc) is 3.10. The first-order valence-electron chi connectivity index (χ1n) is 8.44. The van der Waals surface area contributed by atoms with Crippen molar-refractivity contribution in [3.05, 3.63) is 47.4 Å². The zero-order valence-electron chi connectivity index (χ0n) is 15.4. The predicted octanol–water partition coefficient (Wildman–Crippen LogP) is 3.13. The third-order valence-electron chi connectivity index (χ3n) is 4.25. The lowest BCUT2D eigenvalue weighted by atomic mass is 9.84. The van der Waals surface area contributed by atoms with Crippen LogP contribution in [-0.4, -0.2) is 33.4 Å². The molecule has 1 aliphatic heterocycles. The molecule has 0 saturated heterocycles. The summed E-state index contributed by atoms with van der Waals surface area (Å²) in [5.74, 6) is 0.402. The summed E-state index contributed by atoms with van der Waals surface area (Å²) >= 11 is 1.47. The van der Waals surface area contributed by atoms with Crippen LogP contribution in [0.4, 0.5) is 10.1 Å². The number of anilines is 1. The van der Waals surface area contributed by atoms with Gasteiger partial charge in [-0.1, -0.05) is 18.7 Å². The normalized spacial score (nSPS) is 18.5. The minimum absolute atomic E-state index is 0.171. The second-order valence-corrected chi connectivity index (χ2v) is 7.05. The number of nitrogens with zero attached hydrogens (tertiary/aromatic N) is 2. The molecule has 0 unspecified atom stereocenters. The van der Waals surface area contributed by atoms with Crippen LogP contribution in [0.25, 0.3) is 0 Å². The van der Waals surface area contributed by atoms with Gasteiger partial charge in [-0.25, -0.2) is 9.37 Å². The van der Waals surface area contributed by atoms with Crippen LogP contribution >= 0.6 is 11.8 Å². The number of aromatic nitrogens is 1. The number of oxazole rings is 1. The second kappa shape index (κ2) is 9.36. The Morgan fingerprint density at radius 2 is 2.25 bits per heavy atom. The van der Waals surface area contributed by atoms with Gasteiger partial charge in [0.05, 0.1) is 5.54 Å². The number of nitrogens with one attached hydrogen (secondary N) is 1. The molecule has 10 heteroatoms. The number of aryl methyl sites for hydroxylation is 1. The molecule has 1 aromatic heterocycles. The van der Waals surface area contributed by atoms with Crippen LogP contribution in [0.1, 0.15) is 41.7 Å². The van der Waals surface area contributed by atoms with Crippen molar-refractivity contribution in [2.24, 2.45) is 10.7 Å². The number of hydrogen-bond acceptors (Lipinski definition) is 7. The Balaban J connectivity index is 0.000000878. The first kappa shape index (κ1) is 21.4. The van der Waals surface area contributed by atoms with E-state index in [9.17, 15) is 9.18 Å². The number of aliphatic imine (C=N–C) groups is 1. The van der Waals surface area contributed by atoms with E-state index in [1.165, 1.54) is 30.2 Å². The molecule has 0 bridgehead atoms. The molecule has 0 radical (unpaired) electrons. The molecule has 1 aromatic carbocycles. The zero-order chi connectivity index (χ0) is 20.7. The molecule has 0 spiro atoms. The van der Waals surface area contributed by atoms with Crippen LogP contribution in [0.15, 0.2) is 33.9 Å². The average molecular weight is 408 g/mol. The van der Waals surface area contributed by atoms with Gasteiger partial charge in [0.25, 0.3) is 12.4 Å². The number of amidine groups is 1. The molecule has 8 nitrogen and oxygen atoms in total. The number of nitrogens with two attached hydrogens (primary N) is 1. The topological polar surface area (TPSA) is 131 Å². The summed E-state index contributed by atoms with van der Waals surface area (Å²) in [6, 6.07) is 4.47. The highest BCUT2D eigenvalue weighted by Gasteiger charge is 2.35. The molecule has 3 rings (SSSR count). The van der Waals surface area contributed by atoms with Crippen molar-refractivity contribution in [2.75, 3.05) is 11.1 Å². The maximum absolute atomic E-state index is 14.5. The summed E-state index contributed by atoms with van der Waals surface area (Å²) in [6.45, 7) is 3.36. The number of benzene rings is 1. The van der Waals surface area contributed by atoms with Gasteiger partial charge in [-0.3, -0.25) is 14.6 Å². The van der Waals surface area contributed by atoms with Gasteiger partial charge < -0.3 is 20.6 Å². The Hall–Kier alpha value is -2.88. The van der Waals surface area contributed by atoms with Crippen molar-refractivity contribution in [3.8, 4) is 0 Å². The van der Waals surface area contributed by atoms with Crippen LogP contribution in [0.2, 0.25) is 0 Å². The fourth-order valence-electron chi connectivity index (χ4n) is 2.89. The van der Waals surface area contributed by atoms with Crippen molar-refractivity contribution >= 4 is 35.0 Å². The fourth-order valence-corrected chi connectivity index (χ4v) is 3.78. The Kier molecular flexibility index (Phi) is 7.16. The molecular weight excluding hydrogens is 387 g/mol. The Bertz CT molecular complexity index is 886. The second-order valence-electron chi connectivity index (χ2n) is 5.94. The predicted molar refractivity (Wildman–Crippen MR) is 105 cm³/mol. The molecule has 2 heterocycles. The SMILES string of the molecule is CC[C@@]1(c2cc(NC(=O)c3coc(C)n3)ccc2F)CCSC(N)=N1.O=CO. The molecule has 1 amide bonds. The summed E-state index contributed by atoms with van der Waals surface area (Å²) in [4.78, 5) is 29.1. The van der Waals surface area contributed by atoms with Gasteiger partial charge in [0.1, 0.15) is 12.1 Å². The highest BCUT2D eigenvalue weighted by molar-refractivity contribution is 8.13. The van der Waals surface area contributed by atoms with E-state index in [-0.39, 0.29) is 18.0 Å². The van der Waals surface area contributed by atoms with E-state index in [4.69, 9.17) is 20.1 Å². The van der Waals surface area contributed by atoms with E-state index in [0.717, 1.165) is 5.75 Å². The van der Waals surface area contributed by atoms with Gasteiger partial charge in [-0.05, 0) is 31.0 Å². The molecule has 0 fully saturated rings. The largest absolute Gasteiger partial charge is 0.483 e. The van der Waals surface area contributed by atoms with E-state index in [1.54, 1.807) is 13.0 Å². The smallest absolute Gasteiger partial charge is 0.290 e. The van der Waals surface area contributed by atoms with Crippen molar-refractivity contribution in [1.29, 1.82) is 0 Å². The number of rotatable bonds is 4. The summed E-state index contributed by atoms with van der Waals surface area (Å²) in [5.41, 5.74) is 6.25. The van der Waals surface area contributed by atoms with E-state index in [1.807, 2.05) is 6.92 Å². The highest BCUT2D eigenvalue weighted by atomic mass is 32.2. The van der Waals surface area contributed by atoms with E-state index in [2.05, 4.69) is 15.3 Å². The van der Waals surface area contributed by atoms with Crippen LogP contribution < -0.4 is 11.1 Å². The Morgan fingerprint density at radius 3 is 2.82 bits per heavy atom. The van der Waals surface area contributed by atoms with Crippen LogP contribution in [0.5, 0.6) is 0 Å². The van der Waals surface area contributed by atoms with E-state index in [0.29, 0.717) is 35.2 Å². The molecular formula is C18H21FN4O4S. The van der Waals surface area contributed by atoms with E-state index < -0.39 is 11.4 Å². The van der Waals surface area contributed by atoms with E-state index >= 15 is 0 Å². The Morgan fingerprint density at radius 1 is 1.54 bits per heavy atom. The van der Waals surface area contributed by atoms with Crippen molar-refractivity contribution in [1.82, 2.24) is 4.98 Å². The molecule has 1 atom stereocenters. The number of hydrogen-bond donors (Lipinski definition) is 3. The number of thioether (sulfide) groups is 1. The summed E-state index contributed by atoms with van der Waals surface area (Å²) in [5, 5.41) is 10.1.